The van der Waals surface area contributed by atoms with Crippen LogP contribution in [0.3, 0.4) is 0 Å². The molecule has 3 heteroatoms. The van der Waals surface area contributed by atoms with Gasteiger partial charge in [-0.25, -0.2) is 0 Å². The van der Waals surface area contributed by atoms with Gasteiger partial charge in [0.2, 0.25) is 0 Å². The van der Waals surface area contributed by atoms with Crippen LogP contribution >= 0.6 is 0 Å². The number of methoxy groups -OCH3 is 1. The Kier molecular flexibility index (Phi) is 3.72. The van der Waals surface area contributed by atoms with E-state index in [1.807, 2.05) is 24.3 Å². The average molecular weight is 269 g/mol. The van der Waals surface area contributed by atoms with Crippen molar-refractivity contribution in [3.05, 3.63) is 65.2 Å². The average Bonchev–Trinajstić information content (AvgIpc) is 2.48. The molecule has 0 aromatic heterocycles. The molecular weight excluding hydrogens is 250 g/mol. The number of para-hydroxylation sites is 1. The highest BCUT2D eigenvalue weighted by Gasteiger charge is 2.26. The molecule has 1 heterocycles. The van der Waals surface area contributed by atoms with Crippen LogP contribution in [-0.4, -0.2) is 7.11 Å². The predicted molar refractivity (Wildman–Crippen MR) is 78.5 cm³/mol. The minimum atomic E-state index is 0.0245. The molecule has 0 spiro atoms. The molecule has 2 atom stereocenters. The molecule has 1 unspecified atom stereocenters. The van der Waals surface area contributed by atoms with Crippen LogP contribution in [0.1, 0.15) is 35.3 Å². The first-order chi connectivity index (χ1) is 9.78. The molecule has 0 radical (unpaired) electrons. The summed E-state index contributed by atoms with van der Waals surface area (Å²) in [5.74, 6) is 0.900. The quantitative estimate of drug-likeness (QED) is 0.929. The number of rotatable bonds is 3. The minimum absolute atomic E-state index is 0.0245. The highest BCUT2D eigenvalue weighted by Crippen LogP contribution is 2.39. The van der Waals surface area contributed by atoms with Crippen LogP contribution in [0.25, 0.3) is 0 Å². The lowest BCUT2D eigenvalue weighted by atomic mass is 9.93. The van der Waals surface area contributed by atoms with Crippen molar-refractivity contribution in [2.75, 3.05) is 7.11 Å². The van der Waals surface area contributed by atoms with E-state index >= 15 is 0 Å². The molecule has 1 aliphatic rings. The highest BCUT2D eigenvalue weighted by atomic mass is 16.5. The number of hydrogen-bond donors (Lipinski definition) is 1. The summed E-state index contributed by atoms with van der Waals surface area (Å²) in [7, 11) is 1.70. The molecule has 20 heavy (non-hydrogen) atoms. The van der Waals surface area contributed by atoms with Gasteiger partial charge in [0, 0.05) is 25.1 Å². The number of nitrogens with two attached hydrogens (primary N) is 1. The standard InChI is InChI=1S/C17H19NO2/c1-19-11-12-6-8-13(9-7-12)17-10-15(18)14-4-2-3-5-16(14)20-17/h2-9,15,17H,10-11,18H2,1H3/t15-,17?/m0/s1. The topological polar surface area (TPSA) is 44.5 Å². The zero-order valence-corrected chi connectivity index (χ0v) is 11.6. The fraction of sp³-hybridized carbons (Fsp3) is 0.294. The van der Waals surface area contributed by atoms with Gasteiger partial charge in [0.25, 0.3) is 0 Å². The van der Waals surface area contributed by atoms with Crippen LogP contribution in [0.4, 0.5) is 0 Å². The molecule has 104 valence electrons. The summed E-state index contributed by atoms with van der Waals surface area (Å²) < 4.78 is 11.2. The lowest BCUT2D eigenvalue weighted by Crippen LogP contribution is -2.24. The van der Waals surface area contributed by atoms with Crippen molar-refractivity contribution in [3.63, 3.8) is 0 Å². The zero-order chi connectivity index (χ0) is 13.9. The van der Waals surface area contributed by atoms with Crippen molar-refractivity contribution in [3.8, 4) is 5.75 Å². The Hall–Kier alpha value is -1.84. The Labute approximate surface area is 119 Å². The number of benzene rings is 2. The molecule has 3 nitrogen and oxygen atoms in total. The van der Waals surface area contributed by atoms with E-state index < -0.39 is 0 Å². The third kappa shape index (κ3) is 2.55. The molecule has 2 N–H and O–H groups in total. The Morgan fingerprint density at radius 2 is 1.90 bits per heavy atom. The second kappa shape index (κ2) is 5.65. The Morgan fingerprint density at radius 1 is 1.15 bits per heavy atom. The van der Waals surface area contributed by atoms with Gasteiger partial charge in [0.15, 0.2) is 0 Å². The summed E-state index contributed by atoms with van der Waals surface area (Å²) >= 11 is 0. The Bertz CT molecular complexity index is 580. The van der Waals surface area contributed by atoms with E-state index in [2.05, 4.69) is 24.3 Å². The predicted octanol–water partition coefficient (Wildman–Crippen LogP) is 3.36. The van der Waals surface area contributed by atoms with Crippen LogP contribution in [0, 0.1) is 0 Å². The van der Waals surface area contributed by atoms with Crippen LogP contribution in [0.2, 0.25) is 0 Å². The third-order valence-corrected chi connectivity index (χ3v) is 3.72. The smallest absolute Gasteiger partial charge is 0.126 e. The van der Waals surface area contributed by atoms with E-state index in [0.717, 1.165) is 28.9 Å². The monoisotopic (exact) mass is 269 g/mol. The van der Waals surface area contributed by atoms with Crippen LogP contribution in [0.15, 0.2) is 48.5 Å². The SMILES string of the molecule is COCc1ccc(C2C[C@H](N)c3ccccc3O2)cc1. The Morgan fingerprint density at radius 3 is 2.65 bits per heavy atom. The molecule has 0 amide bonds. The van der Waals surface area contributed by atoms with E-state index in [-0.39, 0.29) is 12.1 Å². The molecule has 0 saturated carbocycles. The summed E-state index contributed by atoms with van der Waals surface area (Å²) in [4.78, 5) is 0. The van der Waals surface area contributed by atoms with E-state index in [9.17, 15) is 0 Å². The number of ether oxygens (including phenoxy) is 2. The number of fused-ring (bicyclic) bond motifs is 1. The Balaban J connectivity index is 1.82. The van der Waals surface area contributed by atoms with Crippen LogP contribution < -0.4 is 10.5 Å². The van der Waals surface area contributed by atoms with E-state index in [4.69, 9.17) is 15.2 Å². The largest absolute Gasteiger partial charge is 0.485 e. The lowest BCUT2D eigenvalue weighted by Gasteiger charge is -2.30. The van der Waals surface area contributed by atoms with Crippen molar-refractivity contribution in [2.24, 2.45) is 5.73 Å². The van der Waals surface area contributed by atoms with Gasteiger partial charge in [0.1, 0.15) is 11.9 Å². The van der Waals surface area contributed by atoms with Crippen molar-refractivity contribution in [2.45, 2.75) is 25.2 Å². The fourth-order valence-corrected chi connectivity index (χ4v) is 2.65. The van der Waals surface area contributed by atoms with Gasteiger partial charge in [-0.3, -0.25) is 0 Å². The van der Waals surface area contributed by atoms with Crippen molar-refractivity contribution < 1.29 is 9.47 Å². The first-order valence-electron chi connectivity index (χ1n) is 6.87. The summed E-state index contributed by atoms with van der Waals surface area (Å²) in [6.45, 7) is 0.633. The summed E-state index contributed by atoms with van der Waals surface area (Å²) in [6.07, 6.45) is 0.831. The molecule has 2 aromatic carbocycles. The fourth-order valence-electron chi connectivity index (χ4n) is 2.65. The van der Waals surface area contributed by atoms with E-state index in [1.165, 1.54) is 0 Å². The summed E-state index contributed by atoms with van der Waals surface area (Å²) in [5.41, 5.74) is 9.67. The van der Waals surface area contributed by atoms with Crippen molar-refractivity contribution in [1.29, 1.82) is 0 Å². The van der Waals surface area contributed by atoms with Gasteiger partial charge in [-0.1, -0.05) is 42.5 Å². The van der Waals surface area contributed by atoms with Gasteiger partial charge < -0.3 is 15.2 Å². The molecule has 0 aliphatic carbocycles. The molecule has 0 fully saturated rings. The zero-order valence-electron chi connectivity index (χ0n) is 11.6. The van der Waals surface area contributed by atoms with Crippen LogP contribution in [0.5, 0.6) is 5.75 Å². The molecule has 1 aliphatic heterocycles. The van der Waals surface area contributed by atoms with Gasteiger partial charge in [-0.2, -0.15) is 0 Å². The normalized spacial score (nSPS) is 21.1. The van der Waals surface area contributed by atoms with Gasteiger partial charge >= 0.3 is 0 Å². The number of hydrogen-bond acceptors (Lipinski definition) is 3. The van der Waals surface area contributed by atoms with E-state index in [1.54, 1.807) is 7.11 Å². The highest BCUT2D eigenvalue weighted by molar-refractivity contribution is 5.39. The van der Waals surface area contributed by atoms with Crippen molar-refractivity contribution in [1.82, 2.24) is 0 Å². The molecular formula is C17H19NO2. The first kappa shape index (κ1) is 13.2. The lowest BCUT2D eigenvalue weighted by molar-refractivity contribution is 0.161. The molecule has 3 rings (SSSR count). The van der Waals surface area contributed by atoms with Gasteiger partial charge in [0.05, 0.1) is 6.61 Å². The minimum Gasteiger partial charge on any atom is -0.485 e. The van der Waals surface area contributed by atoms with Crippen LogP contribution in [-0.2, 0) is 11.3 Å². The molecule has 2 aromatic rings. The molecule has 0 saturated heterocycles. The second-order valence-corrected chi connectivity index (χ2v) is 5.16. The first-order valence-corrected chi connectivity index (χ1v) is 6.87. The van der Waals surface area contributed by atoms with Crippen molar-refractivity contribution >= 4 is 0 Å². The molecule has 0 bridgehead atoms. The van der Waals surface area contributed by atoms with Gasteiger partial charge in [-0.15, -0.1) is 0 Å². The maximum absolute atomic E-state index is 6.25. The summed E-state index contributed by atoms with van der Waals surface area (Å²) in [6, 6.07) is 16.4. The maximum Gasteiger partial charge on any atom is 0.126 e. The van der Waals surface area contributed by atoms with Gasteiger partial charge in [-0.05, 0) is 17.2 Å². The maximum atomic E-state index is 6.25. The van der Waals surface area contributed by atoms with E-state index in [0.29, 0.717) is 6.61 Å². The summed E-state index contributed by atoms with van der Waals surface area (Å²) in [5, 5.41) is 0. The third-order valence-electron chi connectivity index (χ3n) is 3.72. The second-order valence-electron chi connectivity index (χ2n) is 5.16.